The Morgan fingerprint density at radius 3 is 2.50 bits per heavy atom. The van der Waals surface area contributed by atoms with Crippen molar-refractivity contribution in [2.24, 2.45) is 5.10 Å². The van der Waals surface area contributed by atoms with Gasteiger partial charge in [0.25, 0.3) is 0 Å². The molecule has 1 atom stereocenters. The number of nitrogens with zero attached hydrogens (tertiary/aromatic N) is 3. The number of ether oxygens (including phenoxy) is 2. The first-order valence-corrected chi connectivity index (χ1v) is 8.34. The number of hydrogen-bond donors (Lipinski definition) is 1. The second-order valence-corrected chi connectivity index (χ2v) is 6.56. The number of amides is 2. The summed E-state index contributed by atoms with van der Waals surface area (Å²) >= 11 is 0. The molecule has 2 amide bonds. The fraction of sp³-hybridized carbons (Fsp3) is 0.263. The smallest absolute Gasteiger partial charge is 0.340 e. The molecular weight excluding hydrogens is 332 g/mol. The topological polar surface area (TPSA) is 80.4 Å². The van der Waals surface area contributed by atoms with Crippen molar-refractivity contribution in [2.45, 2.75) is 13.0 Å². The van der Waals surface area contributed by atoms with Gasteiger partial charge in [-0.1, -0.05) is 12.1 Å². The lowest BCUT2D eigenvalue weighted by Gasteiger charge is -2.33. The summed E-state index contributed by atoms with van der Waals surface area (Å²) in [6.07, 6.45) is 0. The first kappa shape index (κ1) is 16.3. The van der Waals surface area contributed by atoms with Gasteiger partial charge in [0.2, 0.25) is 6.79 Å². The summed E-state index contributed by atoms with van der Waals surface area (Å²) in [6.45, 7) is 2.15. The molecule has 7 heteroatoms. The van der Waals surface area contributed by atoms with E-state index in [1.807, 2.05) is 43.3 Å². The molecule has 2 aliphatic rings. The molecule has 2 aromatic rings. The number of hydrazone groups is 1. The van der Waals surface area contributed by atoms with Crippen LogP contribution < -0.4 is 15.2 Å². The van der Waals surface area contributed by atoms with Crippen LogP contribution in [0, 0.1) is 0 Å². The quantitative estimate of drug-likeness (QED) is 0.800. The average molecular weight is 352 g/mol. The van der Waals surface area contributed by atoms with E-state index in [-0.39, 0.29) is 18.9 Å². The van der Waals surface area contributed by atoms with Gasteiger partial charge in [0, 0.05) is 30.9 Å². The lowest BCUT2D eigenvalue weighted by Crippen LogP contribution is -2.40. The predicted molar refractivity (Wildman–Crippen MR) is 98.4 cm³/mol. The number of anilines is 1. The second-order valence-electron chi connectivity index (χ2n) is 6.56. The molecule has 0 spiro atoms. The third-order valence-electron chi connectivity index (χ3n) is 4.59. The number of urea groups is 1. The van der Waals surface area contributed by atoms with E-state index in [4.69, 9.17) is 15.2 Å². The second kappa shape index (κ2) is 5.94. The molecule has 2 heterocycles. The van der Waals surface area contributed by atoms with Crippen LogP contribution in [0.15, 0.2) is 41.5 Å². The van der Waals surface area contributed by atoms with Crippen LogP contribution in [0.4, 0.5) is 10.5 Å². The Morgan fingerprint density at radius 1 is 1.19 bits per heavy atom. The van der Waals surface area contributed by atoms with Crippen LogP contribution in [0.5, 0.6) is 11.5 Å². The fourth-order valence-corrected chi connectivity index (χ4v) is 3.16. The molecule has 0 saturated carbocycles. The van der Waals surface area contributed by atoms with Gasteiger partial charge in [-0.2, -0.15) is 5.10 Å². The molecule has 26 heavy (non-hydrogen) atoms. The third-order valence-corrected chi connectivity index (χ3v) is 4.59. The highest BCUT2D eigenvalue weighted by atomic mass is 16.7. The average Bonchev–Trinajstić information content (AvgIpc) is 3.08. The first-order valence-electron chi connectivity index (χ1n) is 8.34. The van der Waals surface area contributed by atoms with Crippen LogP contribution in [0.2, 0.25) is 0 Å². The minimum Gasteiger partial charge on any atom is -0.454 e. The predicted octanol–water partition coefficient (Wildman–Crippen LogP) is 2.81. The Labute approximate surface area is 151 Å². The van der Waals surface area contributed by atoms with Crippen molar-refractivity contribution in [3.8, 4) is 11.5 Å². The van der Waals surface area contributed by atoms with Crippen molar-refractivity contribution in [3.63, 3.8) is 0 Å². The van der Waals surface area contributed by atoms with E-state index in [1.54, 1.807) is 14.1 Å². The van der Waals surface area contributed by atoms with E-state index >= 15 is 0 Å². The van der Waals surface area contributed by atoms with Gasteiger partial charge in [-0.25, -0.2) is 9.80 Å². The van der Waals surface area contributed by atoms with Gasteiger partial charge in [0.15, 0.2) is 11.5 Å². The number of rotatable bonds is 1. The van der Waals surface area contributed by atoms with Gasteiger partial charge in [-0.3, -0.25) is 0 Å². The van der Waals surface area contributed by atoms with Crippen molar-refractivity contribution < 1.29 is 14.3 Å². The molecule has 2 aliphatic heterocycles. The summed E-state index contributed by atoms with van der Waals surface area (Å²) < 4.78 is 11.0. The molecule has 0 fully saturated rings. The van der Waals surface area contributed by atoms with Crippen molar-refractivity contribution >= 4 is 17.4 Å². The number of fused-ring (bicyclic) bond motifs is 2. The molecule has 0 aromatic heterocycles. The molecule has 134 valence electrons. The highest BCUT2D eigenvalue weighted by molar-refractivity contribution is 6.15. The molecule has 0 radical (unpaired) electrons. The van der Waals surface area contributed by atoms with Crippen LogP contribution in [0.1, 0.15) is 29.7 Å². The fourth-order valence-electron chi connectivity index (χ4n) is 3.16. The highest BCUT2D eigenvalue weighted by Crippen LogP contribution is 2.41. The molecule has 0 bridgehead atoms. The van der Waals surface area contributed by atoms with Gasteiger partial charge in [-0.05, 0) is 36.8 Å². The third kappa shape index (κ3) is 2.52. The monoisotopic (exact) mass is 352 g/mol. The summed E-state index contributed by atoms with van der Waals surface area (Å²) in [6, 6.07) is 10.9. The van der Waals surface area contributed by atoms with E-state index in [9.17, 15) is 4.79 Å². The number of carbonyl (C=O) groups excluding carboxylic acids is 1. The van der Waals surface area contributed by atoms with E-state index in [2.05, 4.69) is 5.10 Å². The van der Waals surface area contributed by atoms with Crippen molar-refractivity contribution in [3.05, 3.63) is 53.1 Å². The SMILES string of the molecule is CC1c2cc3c(cc2C(c2ccc(N)cc2)=NN1C(=O)N(C)C)OCO3. The van der Waals surface area contributed by atoms with Crippen molar-refractivity contribution in [1.29, 1.82) is 0 Å². The minimum atomic E-state index is -0.230. The summed E-state index contributed by atoms with van der Waals surface area (Å²) in [5, 5.41) is 6.17. The van der Waals surface area contributed by atoms with Crippen molar-refractivity contribution in [1.82, 2.24) is 9.91 Å². The number of benzene rings is 2. The highest BCUT2D eigenvalue weighted by Gasteiger charge is 2.33. The van der Waals surface area contributed by atoms with Gasteiger partial charge < -0.3 is 20.1 Å². The van der Waals surface area contributed by atoms with Crippen LogP contribution in [-0.4, -0.2) is 42.5 Å². The molecule has 0 aliphatic carbocycles. The van der Waals surface area contributed by atoms with Gasteiger partial charge in [0.1, 0.15) is 0 Å². The minimum absolute atomic E-state index is 0.186. The normalized spacial score (nSPS) is 17.6. The lowest BCUT2D eigenvalue weighted by atomic mass is 9.91. The molecule has 7 nitrogen and oxygen atoms in total. The Kier molecular flexibility index (Phi) is 3.72. The molecule has 1 unspecified atom stereocenters. The maximum absolute atomic E-state index is 12.7. The first-order chi connectivity index (χ1) is 12.5. The maximum Gasteiger partial charge on any atom is 0.340 e. The summed E-state index contributed by atoms with van der Waals surface area (Å²) in [4.78, 5) is 14.2. The number of hydrogen-bond acceptors (Lipinski definition) is 5. The summed E-state index contributed by atoms with van der Waals surface area (Å²) in [5.74, 6) is 1.37. The summed E-state index contributed by atoms with van der Waals surface area (Å²) in [5.41, 5.74) is 9.95. The van der Waals surface area contributed by atoms with Crippen LogP contribution in [0.25, 0.3) is 0 Å². The van der Waals surface area contributed by atoms with Gasteiger partial charge >= 0.3 is 6.03 Å². The van der Waals surface area contributed by atoms with Crippen LogP contribution in [0.3, 0.4) is 0 Å². The maximum atomic E-state index is 12.7. The van der Waals surface area contributed by atoms with E-state index in [0.717, 1.165) is 16.7 Å². The zero-order valence-electron chi connectivity index (χ0n) is 14.9. The Hall–Kier alpha value is -3.22. The Morgan fingerprint density at radius 2 is 1.85 bits per heavy atom. The van der Waals surface area contributed by atoms with E-state index < -0.39 is 0 Å². The van der Waals surface area contributed by atoms with Gasteiger partial charge in [0.05, 0.1) is 11.8 Å². The largest absolute Gasteiger partial charge is 0.454 e. The number of nitrogens with two attached hydrogens (primary N) is 1. The molecule has 0 saturated heterocycles. The Bertz CT molecular complexity index is 906. The molecule has 4 rings (SSSR count). The lowest BCUT2D eigenvalue weighted by molar-refractivity contribution is 0.154. The molecule has 2 aromatic carbocycles. The standard InChI is InChI=1S/C19H20N4O3/c1-11-14-8-16-17(26-10-25-16)9-15(14)18(12-4-6-13(20)7-5-12)21-23(11)19(24)22(2)3/h4-9,11H,10,20H2,1-3H3. The zero-order chi connectivity index (χ0) is 18.4. The van der Waals surface area contributed by atoms with Crippen LogP contribution in [-0.2, 0) is 0 Å². The Balaban J connectivity index is 1.90. The summed E-state index contributed by atoms with van der Waals surface area (Å²) in [7, 11) is 3.42. The number of nitrogen functional groups attached to an aromatic ring is 1. The van der Waals surface area contributed by atoms with Gasteiger partial charge in [-0.15, -0.1) is 0 Å². The van der Waals surface area contributed by atoms with E-state index in [0.29, 0.717) is 22.9 Å². The number of carbonyl (C=O) groups is 1. The van der Waals surface area contributed by atoms with E-state index in [1.165, 1.54) is 9.91 Å². The molecular formula is C19H20N4O3. The van der Waals surface area contributed by atoms with Crippen LogP contribution >= 0.6 is 0 Å². The molecule has 2 N–H and O–H groups in total. The zero-order valence-corrected chi connectivity index (χ0v) is 14.9. The van der Waals surface area contributed by atoms with Crippen molar-refractivity contribution in [2.75, 3.05) is 26.6 Å².